The van der Waals surface area contributed by atoms with Gasteiger partial charge in [0.25, 0.3) is 0 Å². The van der Waals surface area contributed by atoms with Crippen LogP contribution in [0.2, 0.25) is 0 Å². The molecule has 0 amide bonds. The minimum Gasteiger partial charge on any atom is -0.494 e. The fourth-order valence-corrected chi connectivity index (χ4v) is 7.48. The number of hydrogen-bond acceptors (Lipinski definition) is 5. The molecule has 356 valence electrons. The molecule has 0 spiro atoms. The zero-order valence-electron chi connectivity index (χ0n) is 42.6. The number of unbranched alkanes of at least 4 members (excludes halogenated alkanes) is 7. The second-order valence-corrected chi connectivity index (χ2v) is 16.0. The minimum atomic E-state index is 0.752. The Balaban J connectivity index is 0.000000490. The van der Waals surface area contributed by atoms with Crippen LogP contribution >= 0.6 is 0 Å². The highest BCUT2D eigenvalue weighted by molar-refractivity contribution is 5.78. The Hall–Kier alpha value is -5.16. The van der Waals surface area contributed by atoms with Crippen LogP contribution in [0, 0.1) is 0 Å². The van der Waals surface area contributed by atoms with Gasteiger partial charge in [0.2, 0.25) is 0 Å². The van der Waals surface area contributed by atoms with E-state index in [1.54, 1.807) is 0 Å². The Labute approximate surface area is 398 Å². The molecule has 1 aliphatic rings. The van der Waals surface area contributed by atoms with Crippen LogP contribution in [0.4, 0.5) is 22.7 Å². The van der Waals surface area contributed by atoms with E-state index in [1.165, 1.54) is 74.6 Å². The molecule has 0 bridgehead atoms. The summed E-state index contributed by atoms with van der Waals surface area (Å²) in [7, 11) is 2.08. The summed E-state index contributed by atoms with van der Waals surface area (Å²) in [6.45, 7) is 24.4. The van der Waals surface area contributed by atoms with Crippen molar-refractivity contribution >= 4 is 22.7 Å². The molecule has 5 nitrogen and oxygen atoms in total. The SMILES string of the molecule is C=C/C=C(\CC)N(C)c1cccc(OCCCCCC)c1.CC.CC.CCCCCCOc1cccc(N(c2cccc(CCC)c2)c2cccc(OC3=CC=C(CCCC)CC3)c2)c1. The summed E-state index contributed by atoms with van der Waals surface area (Å²) in [5.74, 6) is 3.76. The Morgan fingerprint density at radius 2 is 1.08 bits per heavy atom. The lowest BCUT2D eigenvalue weighted by atomic mass is 9.99. The summed E-state index contributed by atoms with van der Waals surface area (Å²) in [6, 6.07) is 34.1. The van der Waals surface area contributed by atoms with E-state index in [0.29, 0.717) is 0 Å². The van der Waals surface area contributed by atoms with Gasteiger partial charge in [0.15, 0.2) is 0 Å². The molecule has 0 fully saturated rings. The molecule has 4 aromatic carbocycles. The zero-order valence-corrected chi connectivity index (χ0v) is 42.6. The lowest BCUT2D eigenvalue weighted by Gasteiger charge is -2.27. The first-order chi connectivity index (χ1) is 31.9. The quantitative estimate of drug-likeness (QED) is 0.0464. The van der Waals surface area contributed by atoms with Gasteiger partial charge in [-0.1, -0.05) is 168 Å². The molecule has 5 heteroatoms. The van der Waals surface area contributed by atoms with Crippen molar-refractivity contribution in [2.75, 3.05) is 30.1 Å². The van der Waals surface area contributed by atoms with Gasteiger partial charge >= 0.3 is 0 Å². The molecular formula is C60H88N2O3. The van der Waals surface area contributed by atoms with Crippen molar-refractivity contribution in [3.63, 3.8) is 0 Å². The Bertz CT molecular complexity index is 1960. The predicted octanol–water partition coefficient (Wildman–Crippen LogP) is 18.9. The largest absolute Gasteiger partial charge is 0.494 e. The summed E-state index contributed by atoms with van der Waals surface area (Å²) in [4.78, 5) is 4.50. The van der Waals surface area contributed by atoms with Crippen molar-refractivity contribution in [3.8, 4) is 17.2 Å². The first-order valence-corrected chi connectivity index (χ1v) is 25.5. The van der Waals surface area contributed by atoms with Gasteiger partial charge in [0.05, 0.1) is 13.2 Å². The maximum absolute atomic E-state index is 6.41. The molecule has 4 aromatic rings. The maximum Gasteiger partial charge on any atom is 0.129 e. The fourth-order valence-electron chi connectivity index (χ4n) is 7.48. The number of allylic oxidation sites excluding steroid dienone is 7. The summed E-state index contributed by atoms with van der Waals surface area (Å²) < 4.78 is 18.4. The third-order valence-electron chi connectivity index (χ3n) is 11.0. The summed E-state index contributed by atoms with van der Waals surface area (Å²) >= 11 is 0. The van der Waals surface area contributed by atoms with E-state index in [4.69, 9.17) is 14.2 Å². The number of aryl methyl sites for hydroxylation is 1. The number of anilines is 4. The molecule has 0 saturated carbocycles. The highest BCUT2D eigenvalue weighted by Gasteiger charge is 2.16. The van der Waals surface area contributed by atoms with Crippen molar-refractivity contribution in [1.29, 1.82) is 0 Å². The molecule has 0 unspecified atom stereocenters. The molecule has 0 aromatic heterocycles. The van der Waals surface area contributed by atoms with Gasteiger partial charge in [0, 0.05) is 60.1 Å². The molecule has 0 atom stereocenters. The van der Waals surface area contributed by atoms with Crippen molar-refractivity contribution in [3.05, 3.63) is 151 Å². The number of hydrogen-bond donors (Lipinski definition) is 0. The topological polar surface area (TPSA) is 34.2 Å². The van der Waals surface area contributed by atoms with E-state index in [1.807, 2.05) is 45.9 Å². The molecule has 1 aliphatic carbocycles. The van der Waals surface area contributed by atoms with Gasteiger partial charge < -0.3 is 24.0 Å². The van der Waals surface area contributed by atoms with Crippen LogP contribution in [0.25, 0.3) is 0 Å². The number of nitrogens with zero attached hydrogens (tertiary/aromatic N) is 2. The lowest BCUT2D eigenvalue weighted by Crippen LogP contribution is -2.15. The second-order valence-electron chi connectivity index (χ2n) is 16.0. The molecule has 65 heavy (non-hydrogen) atoms. The minimum absolute atomic E-state index is 0.752. The Morgan fingerprint density at radius 1 is 0.554 bits per heavy atom. The highest BCUT2D eigenvalue weighted by atomic mass is 16.5. The van der Waals surface area contributed by atoms with E-state index in [9.17, 15) is 0 Å². The average Bonchev–Trinajstić information content (AvgIpc) is 3.35. The van der Waals surface area contributed by atoms with E-state index in [2.05, 4.69) is 161 Å². The average molecular weight is 885 g/mol. The van der Waals surface area contributed by atoms with Gasteiger partial charge in [-0.3, -0.25) is 0 Å². The van der Waals surface area contributed by atoms with E-state index in [-0.39, 0.29) is 0 Å². The molecule has 0 N–H and O–H groups in total. The van der Waals surface area contributed by atoms with Gasteiger partial charge in [-0.2, -0.15) is 0 Å². The Kier molecular flexibility index (Phi) is 30.3. The monoisotopic (exact) mass is 885 g/mol. The van der Waals surface area contributed by atoms with E-state index < -0.39 is 0 Å². The number of rotatable bonds is 26. The van der Waals surface area contributed by atoms with E-state index in [0.717, 1.165) is 104 Å². The van der Waals surface area contributed by atoms with Crippen molar-refractivity contribution < 1.29 is 14.2 Å². The molecule has 0 saturated heterocycles. The lowest BCUT2D eigenvalue weighted by molar-refractivity contribution is 0.305. The molecular weight excluding hydrogens is 797 g/mol. The van der Waals surface area contributed by atoms with Crippen LogP contribution in [-0.4, -0.2) is 20.3 Å². The van der Waals surface area contributed by atoms with Crippen LogP contribution in [0.5, 0.6) is 17.2 Å². The zero-order chi connectivity index (χ0) is 47.5. The van der Waals surface area contributed by atoms with Crippen LogP contribution in [0.3, 0.4) is 0 Å². The standard InChI is InChI=1S/C37H47NO2.C19H29NO.2C2H6/c1-4-7-9-10-26-39-36-20-12-18-33(28-36)38(32-17-11-16-31(27-32)14-6-3)34-19-13-21-37(29-34)40-35-24-22-30(23-25-35)15-8-5-2;1-5-8-9-10-15-21-19-14-11-13-18(16-19)20(4)17(7-3)12-6-2;2*1-2/h11-13,16-22,24,27-29H,4-10,14-15,23,25-26H2,1-3H3;6,11-14,16H,2,5,7-10,15H2,1,3-4H3;2*1-2H3/b;17-12+;;. The summed E-state index contributed by atoms with van der Waals surface area (Å²) in [5.41, 5.74) is 8.57. The molecule has 0 radical (unpaired) electrons. The number of ether oxygens (including phenoxy) is 3. The van der Waals surface area contributed by atoms with Crippen LogP contribution in [0.1, 0.15) is 164 Å². The van der Waals surface area contributed by atoms with Gasteiger partial charge in [-0.15, -0.1) is 0 Å². The highest BCUT2D eigenvalue weighted by Crippen LogP contribution is 2.38. The predicted molar refractivity (Wildman–Crippen MR) is 286 cm³/mol. The first kappa shape index (κ1) is 56.0. The van der Waals surface area contributed by atoms with Gasteiger partial charge in [0.1, 0.15) is 23.0 Å². The van der Waals surface area contributed by atoms with Crippen molar-refractivity contribution in [2.45, 2.75) is 165 Å². The summed E-state index contributed by atoms with van der Waals surface area (Å²) in [6.07, 6.45) is 26.9. The van der Waals surface area contributed by atoms with E-state index >= 15 is 0 Å². The third-order valence-corrected chi connectivity index (χ3v) is 11.0. The normalized spacial score (nSPS) is 11.8. The van der Waals surface area contributed by atoms with Crippen LogP contribution < -0.4 is 24.0 Å². The second kappa shape index (κ2) is 35.1. The first-order valence-electron chi connectivity index (χ1n) is 25.5. The van der Waals surface area contributed by atoms with Crippen LogP contribution in [0.15, 0.2) is 145 Å². The number of benzene rings is 4. The molecule has 0 aliphatic heterocycles. The van der Waals surface area contributed by atoms with Crippen molar-refractivity contribution in [2.24, 2.45) is 0 Å². The maximum atomic E-state index is 6.41. The van der Waals surface area contributed by atoms with Gasteiger partial charge in [-0.05, 0) is 111 Å². The third kappa shape index (κ3) is 21.1. The summed E-state index contributed by atoms with van der Waals surface area (Å²) in [5, 5.41) is 0. The fraction of sp³-hybridized carbons (Fsp3) is 0.467. The van der Waals surface area contributed by atoms with Gasteiger partial charge in [-0.25, -0.2) is 0 Å². The Morgan fingerprint density at radius 3 is 1.60 bits per heavy atom. The molecule has 5 rings (SSSR count). The smallest absolute Gasteiger partial charge is 0.129 e. The molecule has 0 heterocycles. The van der Waals surface area contributed by atoms with Crippen molar-refractivity contribution in [1.82, 2.24) is 0 Å². The van der Waals surface area contributed by atoms with Crippen LogP contribution in [-0.2, 0) is 6.42 Å².